The maximum atomic E-state index is 12.2. The fourth-order valence-corrected chi connectivity index (χ4v) is 1.59. The number of nitrogens with one attached hydrogen (secondary N) is 1. The molecule has 0 aliphatic heterocycles. The van der Waals surface area contributed by atoms with Gasteiger partial charge in [0.25, 0.3) is 0 Å². The van der Waals surface area contributed by atoms with Crippen LogP contribution in [0.4, 0.5) is 10.1 Å². The standard InChI is InChI=1S/C7H8N2O.C6H6BFO2.C5H5N.C2H6/c1-6(10)9-7-2-4-8-5-3-7;8-6-3-1-5(2-4-6)7(9)10;1-2-4-6-5-3-1;1-2/h2-5H,1H3,(H,8,9,10);1-4,9-10H;1-5H;1-2H3. The largest absolute Gasteiger partial charge is 0.488 e. The third-order valence-electron chi connectivity index (χ3n) is 2.74. The third kappa shape index (κ3) is 13.2. The van der Waals surface area contributed by atoms with Crippen molar-refractivity contribution < 1.29 is 19.2 Å². The van der Waals surface area contributed by atoms with Crippen LogP contribution < -0.4 is 10.8 Å². The van der Waals surface area contributed by atoms with E-state index in [1.165, 1.54) is 31.2 Å². The maximum absolute atomic E-state index is 12.2. The smallest absolute Gasteiger partial charge is 0.423 e. The minimum Gasteiger partial charge on any atom is -0.423 e. The molecular formula is C20H25BFN3O3. The van der Waals surface area contributed by atoms with E-state index in [9.17, 15) is 9.18 Å². The first-order valence-electron chi connectivity index (χ1n) is 8.63. The van der Waals surface area contributed by atoms with Crippen molar-refractivity contribution in [1.29, 1.82) is 0 Å². The molecule has 2 heterocycles. The minimum atomic E-state index is -1.51. The van der Waals surface area contributed by atoms with Crippen molar-refractivity contribution in [2.45, 2.75) is 20.8 Å². The van der Waals surface area contributed by atoms with Crippen molar-refractivity contribution in [2.75, 3.05) is 5.32 Å². The van der Waals surface area contributed by atoms with E-state index in [1.54, 1.807) is 36.9 Å². The van der Waals surface area contributed by atoms with Gasteiger partial charge in [-0.3, -0.25) is 14.8 Å². The molecule has 148 valence electrons. The fraction of sp³-hybridized carbons (Fsp3) is 0.150. The van der Waals surface area contributed by atoms with Gasteiger partial charge in [0, 0.05) is 37.4 Å². The van der Waals surface area contributed by atoms with Gasteiger partial charge in [0.1, 0.15) is 5.82 Å². The van der Waals surface area contributed by atoms with E-state index < -0.39 is 7.12 Å². The summed E-state index contributed by atoms with van der Waals surface area (Å²) < 4.78 is 12.2. The third-order valence-corrected chi connectivity index (χ3v) is 2.74. The summed E-state index contributed by atoms with van der Waals surface area (Å²) in [6.07, 6.45) is 6.76. The highest BCUT2D eigenvalue weighted by Crippen LogP contribution is 2.01. The molecule has 0 unspecified atom stereocenters. The molecule has 0 aliphatic rings. The topological polar surface area (TPSA) is 95.3 Å². The Morgan fingerprint density at radius 3 is 1.75 bits per heavy atom. The first kappa shape index (κ1) is 24.9. The van der Waals surface area contributed by atoms with Crippen LogP contribution in [0.5, 0.6) is 0 Å². The normalized spacial score (nSPS) is 8.50. The van der Waals surface area contributed by atoms with Gasteiger partial charge in [0.2, 0.25) is 5.91 Å². The highest BCUT2D eigenvalue weighted by molar-refractivity contribution is 6.58. The summed E-state index contributed by atoms with van der Waals surface area (Å²) in [5.74, 6) is -0.449. The molecule has 3 N–H and O–H groups in total. The first-order chi connectivity index (χ1) is 13.5. The second-order valence-corrected chi connectivity index (χ2v) is 4.87. The van der Waals surface area contributed by atoms with Gasteiger partial charge in [-0.1, -0.05) is 32.0 Å². The zero-order valence-corrected chi connectivity index (χ0v) is 16.2. The van der Waals surface area contributed by atoms with Crippen LogP contribution in [-0.2, 0) is 4.79 Å². The Morgan fingerprint density at radius 1 is 0.893 bits per heavy atom. The number of pyridine rings is 2. The molecule has 0 aliphatic carbocycles. The second-order valence-electron chi connectivity index (χ2n) is 4.87. The summed E-state index contributed by atoms with van der Waals surface area (Å²) in [4.78, 5) is 18.1. The molecule has 0 fully saturated rings. The van der Waals surface area contributed by atoms with Gasteiger partial charge in [-0.05, 0) is 41.9 Å². The van der Waals surface area contributed by atoms with Crippen molar-refractivity contribution in [3.05, 3.63) is 85.2 Å². The Bertz CT molecular complexity index is 719. The second kappa shape index (κ2) is 16.1. The number of benzene rings is 1. The minimum absolute atomic E-state index is 0.0637. The molecule has 1 aromatic carbocycles. The zero-order valence-electron chi connectivity index (χ0n) is 16.2. The summed E-state index contributed by atoms with van der Waals surface area (Å²) in [7, 11) is -1.51. The molecule has 0 saturated heterocycles. The van der Waals surface area contributed by atoms with Crippen molar-refractivity contribution in [2.24, 2.45) is 0 Å². The van der Waals surface area contributed by atoms with Gasteiger partial charge >= 0.3 is 7.12 Å². The quantitative estimate of drug-likeness (QED) is 0.590. The molecule has 0 saturated carbocycles. The molecule has 6 nitrogen and oxygen atoms in total. The number of hydrogen-bond donors (Lipinski definition) is 3. The highest BCUT2D eigenvalue weighted by atomic mass is 19.1. The number of hydrogen-bond acceptors (Lipinski definition) is 5. The van der Waals surface area contributed by atoms with Crippen LogP contribution in [0.1, 0.15) is 20.8 Å². The number of halogens is 1. The summed E-state index contributed by atoms with van der Waals surface area (Å²) >= 11 is 0. The Balaban J connectivity index is 0.000000384. The molecular weight excluding hydrogens is 360 g/mol. The first-order valence-corrected chi connectivity index (χ1v) is 8.63. The van der Waals surface area contributed by atoms with E-state index >= 15 is 0 Å². The summed E-state index contributed by atoms with van der Waals surface area (Å²) in [6, 6.07) is 14.2. The number of rotatable bonds is 2. The van der Waals surface area contributed by atoms with Crippen molar-refractivity contribution in [1.82, 2.24) is 9.97 Å². The van der Waals surface area contributed by atoms with Crippen LogP contribution in [0.3, 0.4) is 0 Å². The molecule has 3 aromatic rings. The number of nitrogens with zero attached hydrogens (tertiary/aromatic N) is 2. The lowest BCUT2D eigenvalue weighted by Crippen LogP contribution is -2.29. The van der Waals surface area contributed by atoms with E-state index in [0.29, 0.717) is 5.46 Å². The molecule has 0 radical (unpaired) electrons. The van der Waals surface area contributed by atoms with Crippen LogP contribution in [0.25, 0.3) is 0 Å². The van der Waals surface area contributed by atoms with Gasteiger partial charge in [-0.15, -0.1) is 0 Å². The van der Waals surface area contributed by atoms with E-state index in [2.05, 4.69) is 15.3 Å². The van der Waals surface area contributed by atoms with E-state index in [0.717, 1.165) is 5.69 Å². The Hall–Kier alpha value is -3.10. The van der Waals surface area contributed by atoms with Crippen LogP contribution in [0, 0.1) is 5.82 Å². The molecule has 28 heavy (non-hydrogen) atoms. The van der Waals surface area contributed by atoms with Gasteiger partial charge in [0.15, 0.2) is 0 Å². The van der Waals surface area contributed by atoms with Crippen LogP contribution in [-0.4, -0.2) is 33.0 Å². The van der Waals surface area contributed by atoms with E-state index in [4.69, 9.17) is 10.0 Å². The predicted octanol–water partition coefficient (Wildman–Crippen LogP) is 2.65. The molecule has 0 bridgehead atoms. The van der Waals surface area contributed by atoms with E-state index in [-0.39, 0.29) is 11.7 Å². The Morgan fingerprint density at radius 2 is 1.39 bits per heavy atom. The molecule has 3 rings (SSSR count). The monoisotopic (exact) mass is 385 g/mol. The lowest BCUT2D eigenvalue weighted by Gasteiger charge is -1.97. The Labute approximate surface area is 165 Å². The summed E-state index contributed by atoms with van der Waals surface area (Å²) in [5, 5.41) is 19.7. The van der Waals surface area contributed by atoms with Crippen molar-refractivity contribution in [3.63, 3.8) is 0 Å². The highest BCUT2D eigenvalue weighted by Gasteiger charge is 2.08. The van der Waals surface area contributed by atoms with Gasteiger partial charge in [-0.25, -0.2) is 4.39 Å². The van der Waals surface area contributed by atoms with Gasteiger partial charge in [-0.2, -0.15) is 0 Å². The summed E-state index contributed by atoms with van der Waals surface area (Å²) in [6.45, 7) is 5.47. The van der Waals surface area contributed by atoms with Crippen molar-refractivity contribution >= 4 is 24.2 Å². The number of aromatic nitrogens is 2. The van der Waals surface area contributed by atoms with Gasteiger partial charge in [0.05, 0.1) is 0 Å². The van der Waals surface area contributed by atoms with Crippen LogP contribution in [0.2, 0.25) is 0 Å². The van der Waals surface area contributed by atoms with Crippen LogP contribution >= 0.6 is 0 Å². The van der Waals surface area contributed by atoms with Crippen molar-refractivity contribution in [3.8, 4) is 0 Å². The SMILES string of the molecule is CC.CC(=O)Nc1ccncc1.OB(O)c1ccc(F)cc1.c1ccncc1. The molecule has 0 spiro atoms. The molecule has 0 atom stereocenters. The average molecular weight is 385 g/mol. The number of anilines is 1. The molecule has 2 aromatic heterocycles. The fourth-order valence-electron chi connectivity index (χ4n) is 1.59. The number of amides is 1. The molecule has 1 amide bonds. The van der Waals surface area contributed by atoms with Gasteiger partial charge < -0.3 is 15.4 Å². The predicted molar refractivity (Wildman–Crippen MR) is 110 cm³/mol. The average Bonchev–Trinajstić information content (AvgIpc) is 2.72. The number of carbonyl (C=O) groups excluding carboxylic acids is 1. The number of carbonyl (C=O) groups is 1. The lowest BCUT2D eigenvalue weighted by molar-refractivity contribution is -0.114. The molecule has 8 heteroatoms. The van der Waals surface area contributed by atoms with E-state index in [1.807, 2.05) is 32.0 Å². The lowest BCUT2D eigenvalue weighted by atomic mass is 9.80. The summed E-state index contributed by atoms with van der Waals surface area (Å²) in [5.41, 5.74) is 1.07. The van der Waals surface area contributed by atoms with Crippen LogP contribution in [0.15, 0.2) is 79.4 Å². The maximum Gasteiger partial charge on any atom is 0.488 e. The Kier molecular flexibility index (Phi) is 14.3. The zero-order chi connectivity index (χ0) is 21.2.